The zero-order chi connectivity index (χ0) is 13.9. The van der Waals surface area contributed by atoms with Crippen LogP contribution in [0.15, 0.2) is 6.07 Å². The highest BCUT2D eigenvalue weighted by atomic mass is 16.3. The first-order valence-corrected chi connectivity index (χ1v) is 6.99. The number of nitrogens with zero attached hydrogens (tertiary/aromatic N) is 2. The van der Waals surface area contributed by atoms with Crippen LogP contribution in [0.5, 0.6) is 0 Å². The van der Waals surface area contributed by atoms with Gasteiger partial charge >= 0.3 is 0 Å². The number of nitrogens with one attached hydrogen (secondary N) is 2. The molecule has 0 atom stereocenters. The molecule has 1 aliphatic carbocycles. The van der Waals surface area contributed by atoms with E-state index in [9.17, 15) is 5.11 Å². The Kier molecular flexibility index (Phi) is 4.24. The van der Waals surface area contributed by atoms with Crippen LogP contribution in [0, 0.1) is 12.8 Å². The number of hydrogen-bond acceptors (Lipinski definition) is 5. The molecule has 1 aromatic heterocycles. The lowest BCUT2D eigenvalue weighted by Crippen LogP contribution is -2.45. The van der Waals surface area contributed by atoms with E-state index in [0.29, 0.717) is 0 Å². The van der Waals surface area contributed by atoms with Gasteiger partial charge in [-0.25, -0.2) is 9.97 Å². The van der Waals surface area contributed by atoms with Crippen molar-refractivity contribution >= 4 is 11.6 Å². The van der Waals surface area contributed by atoms with Crippen molar-refractivity contribution in [2.24, 2.45) is 5.92 Å². The van der Waals surface area contributed by atoms with E-state index in [0.717, 1.165) is 49.1 Å². The van der Waals surface area contributed by atoms with Gasteiger partial charge in [0.05, 0.1) is 12.1 Å². The normalized spacial score (nSPS) is 27.1. The van der Waals surface area contributed by atoms with Crippen molar-refractivity contribution in [2.75, 3.05) is 24.3 Å². The number of aromatic nitrogens is 2. The number of aliphatic hydroxyl groups is 1. The highest BCUT2D eigenvalue weighted by Crippen LogP contribution is 2.34. The third-order valence-electron chi connectivity index (χ3n) is 4.02. The number of hydrogen-bond donors (Lipinski definition) is 3. The van der Waals surface area contributed by atoms with E-state index >= 15 is 0 Å². The van der Waals surface area contributed by atoms with E-state index in [2.05, 4.69) is 27.5 Å². The largest absolute Gasteiger partial charge is 0.394 e. The van der Waals surface area contributed by atoms with Crippen LogP contribution in [0.3, 0.4) is 0 Å². The maximum Gasteiger partial charge on any atom is 0.132 e. The molecule has 0 unspecified atom stereocenters. The first-order valence-electron chi connectivity index (χ1n) is 6.99. The molecule has 0 radical (unpaired) electrons. The first-order chi connectivity index (χ1) is 9.07. The molecule has 1 heterocycles. The maximum absolute atomic E-state index is 9.76. The second-order valence-electron chi connectivity index (χ2n) is 5.68. The molecule has 0 aliphatic heterocycles. The van der Waals surface area contributed by atoms with Gasteiger partial charge in [-0.05, 0) is 38.5 Å². The molecular formula is C14H24N4O. The molecule has 0 saturated heterocycles. The van der Waals surface area contributed by atoms with Gasteiger partial charge < -0.3 is 15.7 Å². The van der Waals surface area contributed by atoms with Gasteiger partial charge in [0, 0.05) is 13.1 Å². The summed E-state index contributed by atoms with van der Waals surface area (Å²) in [5, 5.41) is 16.2. The zero-order valence-corrected chi connectivity index (χ0v) is 12.0. The van der Waals surface area contributed by atoms with Crippen LogP contribution in [0.2, 0.25) is 0 Å². The molecule has 1 aromatic rings. The predicted molar refractivity (Wildman–Crippen MR) is 77.4 cm³/mol. The summed E-state index contributed by atoms with van der Waals surface area (Å²) in [5.41, 5.74) is -0.224. The third-order valence-corrected chi connectivity index (χ3v) is 4.02. The van der Waals surface area contributed by atoms with Crippen LogP contribution in [-0.2, 0) is 0 Å². The zero-order valence-electron chi connectivity index (χ0n) is 12.0. The Morgan fingerprint density at radius 2 is 1.95 bits per heavy atom. The van der Waals surface area contributed by atoms with Gasteiger partial charge in [0.25, 0.3) is 0 Å². The summed E-state index contributed by atoms with van der Waals surface area (Å²) < 4.78 is 0. The van der Waals surface area contributed by atoms with Crippen LogP contribution >= 0.6 is 0 Å². The molecular weight excluding hydrogens is 240 g/mol. The van der Waals surface area contributed by atoms with E-state index in [1.165, 1.54) is 0 Å². The Hall–Kier alpha value is -1.36. The molecule has 1 aliphatic rings. The van der Waals surface area contributed by atoms with Gasteiger partial charge in [0.2, 0.25) is 0 Å². The lowest BCUT2D eigenvalue weighted by atomic mass is 9.77. The quantitative estimate of drug-likeness (QED) is 0.777. The first kappa shape index (κ1) is 14.1. The second-order valence-corrected chi connectivity index (χ2v) is 5.68. The van der Waals surface area contributed by atoms with Crippen molar-refractivity contribution in [1.82, 2.24) is 9.97 Å². The summed E-state index contributed by atoms with van der Waals surface area (Å²) in [4.78, 5) is 8.70. The molecule has 106 valence electrons. The topological polar surface area (TPSA) is 70.1 Å². The number of aliphatic hydroxyl groups excluding tert-OH is 1. The molecule has 5 nitrogen and oxygen atoms in total. The Bertz CT molecular complexity index is 427. The molecule has 2 rings (SSSR count). The van der Waals surface area contributed by atoms with Crippen molar-refractivity contribution in [3.05, 3.63) is 11.9 Å². The summed E-state index contributed by atoms with van der Waals surface area (Å²) in [6.45, 7) is 4.30. The van der Waals surface area contributed by atoms with Crippen molar-refractivity contribution in [2.45, 2.75) is 45.1 Å². The standard InChI is InChI=1S/C14H24N4O/c1-10-4-6-14(9-19,7-5-10)18-13-8-12(15-3)16-11(2)17-13/h8,10,19H,4-7,9H2,1-3H3,(H2,15,16,17,18). The Labute approximate surface area is 114 Å². The molecule has 3 N–H and O–H groups in total. The van der Waals surface area contributed by atoms with Crippen LogP contribution in [-0.4, -0.2) is 34.3 Å². The molecule has 19 heavy (non-hydrogen) atoms. The van der Waals surface area contributed by atoms with Crippen LogP contribution < -0.4 is 10.6 Å². The fourth-order valence-electron chi connectivity index (χ4n) is 2.67. The number of anilines is 2. The minimum Gasteiger partial charge on any atom is -0.394 e. The maximum atomic E-state index is 9.76. The van der Waals surface area contributed by atoms with Gasteiger partial charge in [-0.3, -0.25) is 0 Å². The minimum absolute atomic E-state index is 0.150. The molecule has 0 amide bonds. The van der Waals surface area contributed by atoms with Crippen LogP contribution in [0.25, 0.3) is 0 Å². The van der Waals surface area contributed by atoms with Gasteiger partial charge in [-0.15, -0.1) is 0 Å². The van der Waals surface area contributed by atoms with E-state index < -0.39 is 0 Å². The molecule has 1 fully saturated rings. The summed E-state index contributed by atoms with van der Waals surface area (Å²) in [5.74, 6) is 3.07. The lowest BCUT2D eigenvalue weighted by Gasteiger charge is -2.39. The van der Waals surface area contributed by atoms with Crippen molar-refractivity contribution in [3.8, 4) is 0 Å². The van der Waals surface area contributed by atoms with Crippen molar-refractivity contribution in [3.63, 3.8) is 0 Å². The van der Waals surface area contributed by atoms with Crippen molar-refractivity contribution < 1.29 is 5.11 Å². The number of aryl methyl sites for hydroxylation is 1. The third kappa shape index (κ3) is 3.35. The van der Waals surface area contributed by atoms with E-state index in [4.69, 9.17) is 0 Å². The van der Waals surface area contributed by atoms with Crippen LogP contribution in [0.1, 0.15) is 38.4 Å². The SMILES string of the molecule is CNc1cc(NC2(CO)CCC(C)CC2)nc(C)n1. The van der Waals surface area contributed by atoms with Gasteiger partial charge in [-0.1, -0.05) is 6.92 Å². The monoisotopic (exact) mass is 264 g/mol. The van der Waals surface area contributed by atoms with Gasteiger partial charge in [-0.2, -0.15) is 0 Å². The summed E-state index contributed by atoms with van der Waals surface area (Å²) in [6.07, 6.45) is 4.28. The molecule has 5 heteroatoms. The predicted octanol–water partition coefficient (Wildman–Crippen LogP) is 2.18. The lowest BCUT2D eigenvalue weighted by molar-refractivity contribution is 0.155. The molecule has 0 spiro atoms. The Morgan fingerprint density at radius 3 is 2.53 bits per heavy atom. The highest BCUT2D eigenvalue weighted by Gasteiger charge is 2.33. The Balaban J connectivity index is 2.16. The van der Waals surface area contributed by atoms with E-state index in [1.807, 2.05) is 20.0 Å². The fraction of sp³-hybridized carbons (Fsp3) is 0.714. The van der Waals surface area contributed by atoms with E-state index in [-0.39, 0.29) is 12.1 Å². The van der Waals surface area contributed by atoms with Gasteiger partial charge in [0.15, 0.2) is 0 Å². The fourth-order valence-corrected chi connectivity index (χ4v) is 2.67. The average Bonchev–Trinajstić information content (AvgIpc) is 2.41. The summed E-state index contributed by atoms with van der Waals surface area (Å²) in [7, 11) is 1.84. The molecule has 1 saturated carbocycles. The van der Waals surface area contributed by atoms with Crippen molar-refractivity contribution in [1.29, 1.82) is 0 Å². The smallest absolute Gasteiger partial charge is 0.132 e. The number of rotatable bonds is 4. The highest BCUT2D eigenvalue weighted by molar-refractivity contribution is 5.48. The van der Waals surface area contributed by atoms with E-state index in [1.54, 1.807) is 0 Å². The summed E-state index contributed by atoms with van der Waals surface area (Å²) >= 11 is 0. The summed E-state index contributed by atoms with van der Waals surface area (Å²) in [6, 6.07) is 1.89. The average molecular weight is 264 g/mol. The molecule has 0 aromatic carbocycles. The second kappa shape index (κ2) is 5.74. The minimum atomic E-state index is -0.224. The van der Waals surface area contributed by atoms with Gasteiger partial charge in [0.1, 0.15) is 17.5 Å². The molecule has 0 bridgehead atoms. The van der Waals surface area contributed by atoms with Crippen LogP contribution in [0.4, 0.5) is 11.6 Å². The Morgan fingerprint density at radius 1 is 1.32 bits per heavy atom.